The van der Waals surface area contributed by atoms with E-state index in [2.05, 4.69) is 21.3 Å². The number of hydrogen-bond donors (Lipinski definition) is 4. The summed E-state index contributed by atoms with van der Waals surface area (Å²) in [5.74, 6) is 0.165. The molecular weight excluding hydrogens is 601 g/mol. The second-order valence-corrected chi connectivity index (χ2v) is 12.6. The number of para-hydroxylation sites is 2. The van der Waals surface area contributed by atoms with Gasteiger partial charge in [-0.05, 0) is 84.6 Å². The molecule has 0 aliphatic heterocycles. The van der Waals surface area contributed by atoms with E-state index in [1.165, 1.54) is 23.5 Å². The van der Waals surface area contributed by atoms with Crippen molar-refractivity contribution in [2.75, 3.05) is 32.8 Å². The molecule has 10 heteroatoms. The van der Waals surface area contributed by atoms with Crippen LogP contribution < -0.4 is 21.3 Å². The zero-order chi connectivity index (χ0) is 29.9. The highest BCUT2D eigenvalue weighted by Gasteiger charge is 2.11. The average Bonchev–Trinajstić information content (AvgIpc) is 2.98. The number of thioether (sulfide) groups is 2. The fraction of sp³-hybridized carbons (Fsp3) is 0.125. The van der Waals surface area contributed by atoms with Crippen molar-refractivity contribution < 1.29 is 9.59 Å². The topological polar surface area (TPSA) is 82.3 Å². The summed E-state index contributed by atoms with van der Waals surface area (Å²) in [4.78, 5) is 25.1. The van der Waals surface area contributed by atoms with Gasteiger partial charge in [-0.1, -0.05) is 96.5 Å². The second kappa shape index (κ2) is 15.5. The van der Waals surface area contributed by atoms with Crippen molar-refractivity contribution in [3.8, 4) is 11.1 Å². The Bertz CT molecular complexity index is 1460. The molecule has 0 fully saturated rings. The van der Waals surface area contributed by atoms with Gasteiger partial charge in [-0.3, -0.25) is 9.59 Å². The van der Waals surface area contributed by atoms with Crippen molar-refractivity contribution in [1.82, 2.24) is 0 Å². The Balaban J connectivity index is 1.27. The number of benzene rings is 4. The standard InChI is InChI=1S/C32H30N4O2S4/c1-21-17-23(13-15-27(21)35-29(37)19-41-31(39)33-25-9-5-3-6-10-25)24-14-16-28(22(2)18-24)36-30(38)20-42-32(40)34-26-11-7-4-8-12-26/h3-18H,19-20H2,1-2H3,(H,33,39)(H,34,40)(H,35,37)(H,36,38). The quantitative estimate of drug-likeness (QED) is 0.138. The van der Waals surface area contributed by atoms with Gasteiger partial charge in [-0.15, -0.1) is 0 Å². The zero-order valence-corrected chi connectivity index (χ0v) is 26.4. The average molecular weight is 631 g/mol. The fourth-order valence-corrected chi connectivity index (χ4v) is 5.59. The van der Waals surface area contributed by atoms with Gasteiger partial charge in [0.2, 0.25) is 11.8 Å². The zero-order valence-electron chi connectivity index (χ0n) is 23.1. The van der Waals surface area contributed by atoms with Crippen LogP contribution in [0.4, 0.5) is 22.7 Å². The first-order chi connectivity index (χ1) is 20.3. The lowest BCUT2D eigenvalue weighted by Crippen LogP contribution is -2.17. The minimum Gasteiger partial charge on any atom is -0.341 e. The van der Waals surface area contributed by atoms with Gasteiger partial charge in [0, 0.05) is 22.7 Å². The van der Waals surface area contributed by atoms with Crippen molar-refractivity contribution in [2.45, 2.75) is 13.8 Å². The molecule has 0 radical (unpaired) electrons. The van der Waals surface area contributed by atoms with Gasteiger partial charge in [0.15, 0.2) is 0 Å². The van der Waals surface area contributed by atoms with Crippen LogP contribution in [0.2, 0.25) is 0 Å². The van der Waals surface area contributed by atoms with E-state index < -0.39 is 0 Å². The van der Waals surface area contributed by atoms with Crippen LogP contribution in [-0.4, -0.2) is 32.0 Å². The van der Waals surface area contributed by atoms with Crippen molar-refractivity contribution in [3.05, 3.63) is 108 Å². The molecular formula is C32H30N4O2S4. The SMILES string of the molecule is Cc1cc(-c2ccc(NC(=O)CSC(=S)Nc3ccccc3)c(C)c2)ccc1NC(=O)CSC(=S)Nc1ccccc1. The molecule has 0 atom stereocenters. The molecule has 4 aromatic rings. The predicted octanol–water partition coefficient (Wildman–Crippen LogP) is 8.11. The summed E-state index contributed by atoms with van der Waals surface area (Å²) in [6, 6.07) is 31.1. The minimum absolute atomic E-state index is 0.126. The lowest BCUT2D eigenvalue weighted by atomic mass is 10.00. The van der Waals surface area contributed by atoms with E-state index in [0.717, 1.165) is 45.0 Å². The lowest BCUT2D eigenvalue weighted by Gasteiger charge is -2.13. The van der Waals surface area contributed by atoms with Crippen molar-refractivity contribution in [3.63, 3.8) is 0 Å². The van der Waals surface area contributed by atoms with Crippen LogP contribution in [0.25, 0.3) is 11.1 Å². The Labute approximate surface area is 265 Å². The van der Waals surface area contributed by atoms with Crippen LogP contribution in [0.3, 0.4) is 0 Å². The van der Waals surface area contributed by atoms with Gasteiger partial charge in [0.05, 0.1) is 11.5 Å². The highest BCUT2D eigenvalue weighted by atomic mass is 32.2. The second-order valence-electron chi connectivity index (χ2n) is 9.29. The number of carbonyl (C=O) groups is 2. The van der Waals surface area contributed by atoms with Gasteiger partial charge in [-0.2, -0.15) is 0 Å². The number of thiocarbonyl (C=S) groups is 2. The summed E-state index contributed by atoms with van der Waals surface area (Å²) < 4.78 is 1.08. The molecule has 4 rings (SSSR count). The van der Waals surface area contributed by atoms with E-state index in [9.17, 15) is 9.59 Å². The summed E-state index contributed by atoms with van der Waals surface area (Å²) in [5, 5.41) is 12.2. The van der Waals surface area contributed by atoms with Crippen LogP contribution in [0.1, 0.15) is 11.1 Å². The molecule has 0 saturated heterocycles. The van der Waals surface area contributed by atoms with E-state index >= 15 is 0 Å². The Morgan fingerprint density at radius 2 is 0.952 bits per heavy atom. The van der Waals surface area contributed by atoms with Crippen LogP contribution in [0, 0.1) is 13.8 Å². The van der Waals surface area contributed by atoms with Crippen molar-refractivity contribution >= 4 is 91.2 Å². The number of amides is 2. The van der Waals surface area contributed by atoms with E-state index in [-0.39, 0.29) is 23.3 Å². The van der Waals surface area contributed by atoms with Gasteiger partial charge < -0.3 is 21.3 Å². The van der Waals surface area contributed by atoms with Crippen LogP contribution in [0.15, 0.2) is 97.1 Å². The molecule has 0 aromatic heterocycles. The fourth-order valence-electron chi connectivity index (χ4n) is 3.95. The van der Waals surface area contributed by atoms with E-state index in [4.69, 9.17) is 24.4 Å². The molecule has 0 bridgehead atoms. The summed E-state index contributed by atoms with van der Waals surface area (Å²) in [7, 11) is 0. The maximum atomic E-state index is 12.5. The molecule has 42 heavy (non-hydrogen) atoms. The molecule has 2 amide bonds. The molecule has 0 aliphatic rings. The summed E-state index contributed by atoms with van der Waals surface area (Å²) in [6.45, 7) is 3.92. The van der Waals surface area contributed by atoms with Gasteiger partial charge in [0.1, 0.15) is 8.64 Å². The molecule has 214 valence electrons. The van der Waals surface area contributed by atoms with E-state index in [0.29, 0.717) is 8.64 Å². The highest BCUT2D eigenvalue weighted by molar-refractivity contribution is 8.24. The number of anilines is 4. The summed E-state index contributed by atoms with van der Waals surface area (Å²) in [5.41, 5.74) is 7.22. The van der Waals surface area contributed by atoms with Gasteiger partial charge in [-0.25, -0.2) is 0 Å². The molecule has 0 unspecified atom stereocenters. The lowest BCUT2D eigenvalue weighted by molar-refractivity contribution is -0.114. The smallest absolute Gasteiger partial charge is 0.234 e. The first-order valence-corrected chi connectivity index (χ1v) is 15.8. The monoisotopic (exact) mass is 630 g/mol. The number of carbonyl (C=O) groups excluding carboxylic acids is 2. The third-order valence-electron chi connectivity index (χ3n) is 6.04. The summed E-state index contributed by atoms with van der Waals surface area (Å²) in [6.07, 6.45) is 0. The first kappa shape index (κ1) is 31.2. The largest absolute Gasteiger partial charge is 0.341 e. The highest BCUT2D eigenvalue weighted by Crippen LogP contribution is 2.28. The summed E-state index contributed by atoms with van der Waals surface area (Å²) >= 11 is 13.3. The van der Waals surface area contributed by atoms with Crippen LogP contribution >= 0.6 is 48.0 Å². The maximum absolute atomic E-state index is 12.5. The van der Waals surface area contributed by atoms with Crippen molar-refractivity contribution in [1.29, 1.82) is 0 Å². The molecule has 0 spiro atoms. The number of hydrogen-bond acceptors (Lipinski definition) is 6. The molecule has 0 saturated carbocycles. The van der Waals surface area contributed by atoms with Crippen LogP contribution in [-0.2, 0) is 9.59 Å². The van der Waals surface area contributed by atoms with Crippen molar-refractivity contribution in [2.24, 2.45) is 0 Å². The van der Waals surface area contributed by atoms with Gasteiger partial charge >= 0.3 is 0 Å². The van der Waals surface area contributed by atoms with E-state index in [1.54, 1.807) is 0 Å². The van der Waals surface area contributed by atoms with E-state index in [1.807, 2.05) is 111 Å². The third kappa shape index (κ3) is 9.70. The molecule has 6 nitrogen and oxygen atoms in total. The predicted molar refractivity (Wildman–Crippen MR) is 189 cm³/mol. The Morgan fingerprint density at radius 3 is 1.31 bits per heavy atom. The Morgan fingerprint density at radius 1 is 0.571 bits per heavy atom. The Kier molecular flexibility index (Phi) is 11.5. The van der Waals surface area contributed by atoms with Gasteiger partial charge in [0.25, 0.3) is 0 Å². The normalized spacial score (nSPS) is 10.4. The molecule has 0 aliphatic carbocycles. The first-order valence-electron chi connectivity index (χ1n) is 13.1. The molecule has 4 N–H and O–H groups in total. The maximum Gasteiger partial charge on any atom is 0.234 e. The number of nitrogens with one attached hydrogen (secondary N) is 4. The molecule has 4 aromatic carbocycles. The minimum atomic E-state index is -0.126. The number of aryl methyl sites for hydroxylation is 2. The third-order valence-corrected chi connectivity index (χ3v) is 8.50. The molecule has 0 heterocycles. The van der Waals surface area contributed by atoms with Crippen LogP contribution in [0.5, 0.6) is 0 Å². The number of rotatable bonds is 9. The Hall–Kier alpha value is -3.70.